The Morgan fingerprint density at radius 1 is 1.26 bits per heavy atom. The number of benzene rings is 2. The predicted molar refractivity (Wildman–Crippen MR) is 118 cm³/mol. The lowest BCUT2D eigenvalue weighted by molar-refractivity contribution is -0.124. The molecule has 0 unspecified atom stereocenters. The van der Waals surface area contributed by atoms with Crippen LogP contribution in [-0.2, 0) is 21.4 Å². The SMILES string of the molecule is CC(C)n1nnc2cc(S(=O)(=O)N3CCC[C@@H]3C(=O)NCc3ccccc3Cl)ccc21. The Bertz CT molecular complexity index is 1220. The molecule has 1 aliphatic rings. The van der Waals surface area contributed by atoms with E-state index in [-0.39, 0.29) is 23.4 Å². The third-order valence-corrected chi connectivity index (χ3v) is 7.73. The van der Waals surface area contributed by atoms with E-state index in [1.54, 1.807) is 22.9 Å². The van der Waals surface area contributed by atoms with Crippen LogP contribution in [0.25, 0.3) is 11.0 Å². The largest absolute Gasteiger partial charge is 0.351 e. The van der Waals surface area contributed by atoms with Crippen molar-refractivity contribution in [3.05, 3.63) is 53.1 Å². The van der Waals surface area contributed by atoms with Crippen LogP contribution in [0.5, 0.6) is 0 Å². The molecule has 1 aromatic heterocycles. The lowest BCUT2D eigenvalue weighted by atomic mass is 10.2. The van der Waals surface area contributed by atoms with Gasteiger partial charge in [0.05, 0.1) is 10.4 Å². The van der Waals surface area contributed by atoms with E-state index in [1.165, 1.54) is 10.4 Å². The Morgan fingerprint density at radius 3 is 2.77 bits per heavy atom. The predicted octanol–water partition coefficient (Wildman–Crippen LogP) is 3.14. The molecule has 0 radical (unpaired) electrons. The summed E-state index contributed by atoms with van der Waals surface area (Å²) in [6.45, 7) is 4.50. The minimum Gasteiger partial charge on any atom is -0.351 e. The van der Waals surface area contributed by atoms with Crippen molar-refractivity contribution in [1.29, 1.82) is 0 Å². The number of nitrogens with zero attached hydrogens (tertiary/aromatic N) is 4. The van der Waals surface area contributed by atoms with Gasteiger partial charge in [-0.15, -0.1) is 5.10 Å². The first-order valence-electron chi connectivity index (χ1n) is 10.2. The number of aromatic nitrogens is 3. The minimum absolute atomic E-state index is 0.109. The molecule has 0 bridgehead atoms. The molecule has 1 fully saturated rings. The number of carbonyl (C=O) groups excluding carboxylic acids is 1. The van der Waals surface area contributed by atoms with Gasteiger partial charge in [-0.25, -0.2) is 13.1 Å². The molecule has 4 rings (SSSR count). The molecular weight excluding hydrogens is 438 g/mol. The van der Waals surface area contributed by atoms with Gasteiger partial charge in [0, 0.05) is 24.2 Å². The Labute approximate surface area is 186 Å². The van der Waals surface area contributed by atoms with Crippen molar-refractivity contribution in [1.82, 2.24) is 24.6 Å². The first-order valence-corrected chi connectivity index (χ1v) is 12.0. The van der Waals surface area contributed by atoms with E-state index in [4.69, 9.17) is 11.6 Å². The summed E-state index contributed by atoms with van der Waals surface area (Å²) in [5.41, 5.74) is 2.06. The van der Waals surface area contributed by atoms with Gasteiger partial charge in [0.25, 0.3) is 0 Å². The minimum atomic E-state index is -3.86. The molecule has 3 aromatic rings. The molecule has 2 heterocycles. The molecule has 1 atom stereocenters. The number of nitrogens with one attached hydrogen (secondary N) is 1. The fourth-order valence-corrected chi connectivity index (χ4v) is 5.71. The first kappa shape index (κ1) is 21.7. The fourth-order valence-electron chi connectivity index (χ4n) is 3.83. The smallest absolute Gasteiger partial charge is 0.243 e. The second-order valence-corrected chi connectivity index (χ2v) is 10.2. The number of hydrogen-bond acceptors (Lipinski definition) is 5. The highest BCUT2D eigenvalue weighted by molar-refractivity contribution is 7.89. The molecule has 0 saturated carbocycles. The second-order valence-electron chi connectivity index (χ2n) is 7.86. The zero-order chi connectivity index (χ0) is 22.2. The summed E-state index contributed by atoms with van der Waals surface area (Å²) >= 11 is 6.15. The number of amides is 1. The Hall–Kier alpha value is -2.49. The van der Waals surface area contributed by atoms with Gasteiger partial charge in [-0.3, -0.25) is 4.79 Å². The van der Waals surface area contributed by atoms with Crippen LogP contribution in [0.2, 0.25) is 5.02 Å². The van der Waals surface area contributed by atoms with E-state index in [0.717, 1.165) is 11.1 Å². The molecule has 164 valence electrons. The zero-order valence-electron chi connectivity index (χ0n) is 17.3. The van der Waals surface area contributed by atoms with Gasteiger partial charge in [-0.1, -0.05) is 35.0 Å². The summed E-state index contributed by atoms with van der Waals surface area (Å²) in [5.74, 6) is -0.326. The summed E-state index contributed by atoms with van der Waals surface area (Å²) in [6, 6.07) is 11.4. The molecule has 8 nitrogen and oxygen atoms in total. The van der Waals surface area contributed by atoms with Crippen molar-refractivity contribution < 1.29 is 13.2 Å². The van der Waals surface area contributed by atoms with Gasteiger partial charge in [-0.05, 0) is 56.5 Å². The van der Waals surface area contributed by atoms with Gasteiger partial charge >= 0.3 is 0 Å². The molecule has 1 amide bonds. The molecule has 31 heavy (non-hydrogen) atoms. The maximum absolute atomic E-state index is 13.3. The summed E-state index contributed by atoms with van der Waals surface area (Å²) in [7, 11) is -3.86. The summed E-state index contributed by atoms with van der Waals surface area (Å²) in [4.78, 5) is 12.9. The van der Waals surface area contributed by atoms with Gasteiger partial charge in [0.15, 0.2) is 0 Å². The molecular formula is C21H24ClN5O3S. The molecule has 1 saturated heterocycles. The lowest BCUT2D eigenvalue weighted by Gasteiger charge is -2.23. The van der Waals surface area contributed by atoms with E-state index in [2.05, 4.69) is 15.6 Å². The van der Waals surface area contributed by atoms with Crippen LogP contribution in [0, 0.1) is 0 Å². The number of hydrogen-bond donors (Lipinski definition) is 1. The van der Waals surface area contributed by atoms with E-state index in [9.17, 15) is 13.2 Å². The van der Waals surface area contributed by atoms with E-state index < -0.39 is 16.1 Å². The molecule has 0 aliphatic carbocycles. The van der Waals surface area contributed by atoms with Crippen LogP contribution in [0.15, 0.2) is 47.4 Å². The molecule has 0 spiro atoms. The van der Waals surface area contributed by atoms with Crippen LogP contribution in [0.3, 0.4) is 0 Å². The van der Waals surface area contributed by atoms with Crippen molar-refractivity contribution in [3.63, 3.8) is 0 Å². The van der Waals surface area contributed by atoms with Gasteiger partial charge in [0.2, 0.25) is 15.9 Å². The Balaban J connectivity index is 1.55. The number of sulfonamides is 1. The fraction of sp³-hybridized carbons (Fsp3) is 0.381. The highest BCUT2D eigenvalue weighted by atomic mass is 35.5. The maximum Gasteiger partial charge on any atom is 0.243 e. The number of carbonyl (C=O) groups is 1. The van der Waals surface area contributed by atoms with Crippen molar-refractivity contribution in [3.8, 4) is 0 Å². The zero-order valence-corrected chi connectivity index (χ0v) is 18.9. The quantitative estimate of drug-likeness (QED) is 0.608. The van der Waals surface area contributed by atoms with Crippen molar-refractivity contribution >= 4 is 38.6 Å². The number of rotatable bonds is 6. The molecule has 1 aliphatic heterocycles. The van der Waals surface area contributed by atoms with E-state index in [1.807, 2.05) is 32.0 Å². The third kappa shape index (κ3) is 4.17. The van der Waals surface area contributed by atoms with Crippen LogP contribution in [0.1, 0.15) is 38.3 Å². The number of halogens is 1. The highest BCUT2D eigenvalue weighted by Crippen LogP contribution is 2.28. The molecule has 1 N–H and O–H groups in total. The third-order valence-electron chi connectivity index (χ3n) is 5.46. The molecule has 10 heteroatoms. The van der Waals surface area contributed by atoms with Crippen LogP contribution in [0.4, 0.5) is 0 Å². The van der Waals surface area contributed by atoms with Gasteiger partial charge in [-0.2, -0.15) is 4.31 Å². The standard InChI is InChI=1S/C21H24ClN5O3S/c1-14(2)27-19-10-9-16(12-18(19)24-25-27)31(29,30)26-11-5-8-20(26)21(28)23-13-15-6-3-4-7-17(15)22/h3-4,6-7,9-10,12,14,20H,5,8,11,13H2,1-2H3,(H,23,28)/t20-/m1/s1. The maximum atomic E-state index is 13.3. The van der Waals surface area contributed by atoms with Crippen LogP contribution in [-0.4, -0.2) is 46.2 Å². The Kier molecular flexibility index (Phi) is 6.00. The monoisotopic (exact) mass is 461 g/mol. The van der Waals surface area contributed by atoms with Crippen molar-refractivity contribution in [2.24, 2.45) is 0 Å². The van der Waals surface area contributed by atoms with E-state index in [0.29, 0.717) is 29.9 Å². The Morgan fingerprint density at radius 2 is 2.03 bits per heavy atom. The average Bonchev–Trinajstić information content (AvgIpc) is 3.40. The average molecular weight is 462 g/mol. The lowest BCUT2D eigenvalue weighted by Crippen LogP contribution is -2.45. The topological polar surface area (TPSA) is 97.2 Å². The molecule has 2 aromatic carbocycles. The second kappa shape index (κ2) is 8.57. The van der Waals surface area contributed by atoms with Crippen LogP contribution < -0.4 is 5.32 Å². The van der Waals surface area contributed by atoms with Crippen LogP contribution >= 0.6 is 11.6 Å². The van der Waals surface area contributed by atoms with Crippen molar-refractivity contribution in [2.45, 2.75) is 50.2 Å². The van der Waals surface area contributed by atoms with Gasteiger partial charge in [0.1, 0.15) is 11.6 Å². The highest BCUT2D eigenvalue weighted by Gasteiger charge is 2.39. The normalized spacial score (nSPS) is 17.5. The summed E-state index contributed by atoms with van der Waals surface area (Å²) in [5, 5.41) is 11.6. The van der Waals surface area contributed by atoms with E-state index >= 15 is 0 Å². The van der Waals surface area contributed by atoms with Gasteiger partial charge < -0.3 is 5.32 Å². The first-order chi connectivity index (χ1) is 14.8. The number of fused-ring (bicyclic) bond motifs is 1. The summed E-state index contributed by atoms with van der Waals surface area (Å²) < 4.78 is 29.7. The summed E-state index contributed by atoms with van der Waals surface area (Å²) in [6.07, 6.45) is 1.09. The van der Waals surface area contributed by atoms with Crippen molar-refractivity contribution in [2.75, 3.05) is 6.54 Å².